The van der Waals surface area contributed by atoms with Gasteiger partial charge in [0.05, 0.1) is 0 Å². The average Bonchev–Trinajstić information content (AvgIpc) is 2.47. The van der Waals surface area contributed by atoms with Gasteiger partial charge in [0.15, 0.2) is 23.2 Å². The molecule has 0 aliphatic carbocycles. The molecule has 0 saturated carbocycles. The first-order valence-corrected chi connectivity index (χ1v) is 6.64. The first-order valence-electron chi connectivity index (χ1n) is 5.85. The predicted molar refractivity (Wildman–Crippen MR) is 77.3 cm³/mol. The van der Waals surface area contributed by atoms with Gasteiger partial charge in [-0.2, -0.15) is 0 Å². The molecule has 2 aromatic rings. The number of hydrogen-bond donors (Lipinski definition) is 2. The van der Waals surface area contributed by atoms with Crippen molar-refractivity contribution in [1.29, 1.82) is 0 Å². The van der Waals surface area contributed by atoms with Crippen molar-refractivity contribution in [2.75, 3.05) is 0 Å². The van der Waals surface area contributed by atoms with Crippen LogP contribution in [0.25, 0.3) is 0 Å². The van der Waals surface area contributed by atoms with Gasteiger partial charge in [-0.05, 0) is 29.8 Å². The van der Waals surface area contributed by atoms with E-state index in [1.165, 1.54) is 0 Å². The maximum absolute atomic E-state index is 13.8. The summed E-state index contributed by atoms with van der Waals surface area (Å²) in [5.41, 5.74) is 5.98. The van der Waals surface area contributed by atoms with Crippen molar-refractivity contribution in [3.05, 3.63) is 63.6 Å². The van der Waals surface area contributed by atoms with Gasteiger partial charge >= 0.3 is 0 Å². The maximum Gasteiger partial charge on any atom is 0.191 e. The zero-order valence-corrected chi connectivity index (χ0v) is 12.3. The van der Waals surface area contributed by atoms with Crippen LogP contribution in [0.2, 0.25) is 0 Å². The molecule has 110 valence electrons. The Bertz CT molecular complexity index is 652. The van der Waals surface area contributed by atoms with Gasteiger partial charge in [-0.3, -0.25) is 0 Å². The summed E-state index contributed by atoms with van der Waals surface area (Å²) in [6.07, 6.45) is 0. The highest BCUT2D eigenvalue weighted by Gasteiger charge is 2.14. The Hall–Kier alpha value is -2.15. The van der Waals surface area contributed by atoms with Gasteiger partial charge in [-0.1, -0.05) is 33.2 Å². The standard InChI is InChI=1S/C14H11BrF2N2O2/c15-10-3-1-8(2-4-10)7-21-13-11(16)5-9(6-12(13)17)14(18)19-20/h1-6,20H,7H2,(H2,18,19). The lowest BCUT2D eigenvalue weighted by atomic mass is 10.2. The number of hydrogen-bond acceptors (Lipinski definition) is 3. The lowest BCUT2D eigenvalue weighted by molar-refractivity contribution is 0.274. The Morgan fingerprint density at radius 3 is 2.29 bits per heavy atom. The molecule has 0 amide bonds. The Morgan fingerprint density at radius 2 is 1.76 bits per heavy atom. The monoisotopic (exact) mass is 356 g/mol. The van der Waals surface area contributed by atoms with E-state index in [9.17, 15) is 8.78 Å². The van der Waals surface area contributed by atoms with E-state index >= 15 is 0 Å². The SMILES string of the molecule is N/C(=N/O)c1cc(F)c(OCc2ccc(Br)cc2)c(F)c1. The molecule has 0 aromatic heterocycles. The molecule has 0 unspecified atom stereocenters. The van der Waals surface area contributed by atoms with Crippen molar-refractivity contribution in [2.24, 2.45) is 10.9 Å². The van der Waals surface area contributed by atoms with Crippen LogP contribution in [0, 0.1) is 11.6 Å². The van der Waals surface area contributed by atoms with E-state index in [4.69, 9.17) is 15.7 Å². The number of nitrogens with two attached hydrogens (primary N) is 1. The number of rotatable bonds is 4. The van der Waals surface area contributed by atoms with E-state index in [-0.39, 0.29) is 18.0 Å². The third-order valence-electron chi connectivity index (χ3n) is 2.70. The Morgan fingerprint density at radius 1 is 1.19 bits per heavy atom. The quantitative estimate of drug-likeness (QED) is 0.381. The molecule has 0 saturated heterocycles. The minimum Gasteiger partial charge on any atom is -0.483 e. The fourth-order valence-electron chi connectivity index (χ4n) is 1.64. The van der Waals surface area contributed by atoms with Gasteiger partial charge in [0.25, 0.3) is 0 Å². The van der Waals surface area contributed by atoms with E-state index in [0.717, 1.165) is 22.2 Å². The van der Waals surface area contributed by atoms with Gasteiger partial charge in [-0.25, -0.2) is 8.78 Å². The average molecular weight is 357 g/mol. The van der Waals surface area contributed by atoms with E-state index in [1.807, 2.05) is 0 Å². The number of oxime groups is 1. The first-order chi connectivity index (χ1) is 10.0. The van der Waals surface area contributed by atoms with Crippen LogP contribution in [0.3, 0.4) is 0 Å². The molecular weight excluding hydrogens is 346 g/mol. The van der Waals surface area contributed by atoms with E-state index < -0.39 is 17.4 Å². The van der Waals surface area contributed by atoms with Crippen molar-refractivity contribution in [3.8, 4) is 5.75 Å². The van der Waals surface area contributed by atoms with Crippen LogP contribution < -0.4 is 10.5 Å². The Kier molecular flexibility index (Phi) is 4.74. The van der Waals surface area contributed by atoms with Crippen LogP contribution in [0.15, 0.2) is 46.0 Å². The second-order valence-electron chi connectivity index (χ2n) is 4.17. The van der Waals surface area contributed by atoms with Crippen LogP contribution in [-0.2, 0) is 6.61 Å². The van der Waals surface area contributed by atoms with Crippen LogP contribution >= 0.6 is 15.9 Å². The second-order valence-corrected chi connectivity index (χ2v) is 5.09. The Balaban J connectivity index is 2.19. The molecule has 0 bridgehead atoms. The van der Waals surface area contributed by atoms with Crippen LogP contribution in [0.5, 0.6) is 5.75 Å². The zero-order valence-electron chi connectivity index (χ0n) is 10.7. The smallest absolute Gasteiger partial charge is 0.191 e. The number of benzene rings is 2. The fraction of sp³-hybridized carbons (Fsp3) is 0.0714. The van der Waals surface area contributed by atoms with Crippen LogP contribution in [0.1, 0.15) is 11.1 Å². The molecule has 0 heterocycles. The summed E-state index contributed by atoms with van der Waals surface area (Å²) in [4.78, 5) is 0. The minimum absolute atomic E-state index is 0.0179. The fourth-order valence-corrected chi connectivity index (χ4v) is 1.90. The molecule has 0 spiro atoms. The number of nitrogens with zero attached hydrogens (tertiary/aromatic N) is 1. The molecule has 0 atom stereocenters. The van der Waals surface area contributed by atoms with Crippen molar-refractivity contribution < 1.29 is 18.7 Å². The largest absolute Gasteiger partial charge is 0.483 e. The molecule has 3 N–H and O–H groups in total. The maximum atomic E-state index is 13.8. The van der Waals surface area contributed by atoms with Gasteiger partial charge in [0.1, 0.15) is 6.61 Å². The topological polar surface area (TPSA) is 67.8 Å². The highest BCUT2D eigenvalue weighted by Crippen LogP contribution is 2.24. The van der Waals surface area contributed by atoms with Crippen molar-refractivity contribution in [1.82, 2.24) is 0 Å². The highest BCUT2D eigenvalue weighted by molar-refractivity contribution is 9.10. The summed E-state index contributed by atoms with van der Waals surface area (Å²) in [5, 5.41) is 11.2. The summed E-state index contributed by atoms with van der Waals surface area (Å²) in [5.74, 6) is -2.73. The Labute approximate surface area is 128 Å². The molecule has 7 heteroatoms. The normalized spacial score (nSPS) is 11.5. The molecule has 2 aromatic carbocycles. The highest BCUT2D eigenvalue weighted by atomic mass is 79.9. The lowest BCUT2D eigenvalue weighted by Crippen LogP contribution is -2.14. The molecule has 2 rings (SSSR count). The minimum atomic E-state index is -0.922. The third kappa shape index (κ3) is 3.69. The summed E-state index contributed by atoms with van der Waals surface area (Å²) >= 11 is 3.29. The van der Waals surface area contributed by atoms with E-state index in [0.29, 0.717) is 0 Å². The van der Waals surface area contributed by atoms with Gasteiger partial charge in [0, 0.05) is 10.0 Å². The van der Waals surface area contributed by atoms with Gasteiger partial charge < -0.3 is 15.7 Å². The van der Waals surface area contributed by atoms with E-state index in [2.05, 4.69) is 21.1 Å². The molecule has 4 nitrogen and oxygen atoms in total. The first kappa shape index (κ1) is 15.2. The van der Waals surface area contributed by atoms with Crippen molar-refractivity contribution in [2.45, 2.75) is 6.61 Å². The van der Waals surface area contributed by atoms with Crippen molar-refractivity contribution in [3.63, 3.8) is 0 Å². The summed E-state index contributed by atoms with van der Waals surface area (Å²) < 4.78 is 33.7. The number of amidine groups is 1. The van der Waals surface area contributed by atoms with Crippen molar-refractivity contribution >= 4 is 21.8 Å². The molecule has 0 aliphatic rings. The lowest BCUT2D eigenvalue weighted by Gasteiger charge is -2.10. The molecule has 0 aliphatic heterocycles. The zero-order chi connectivity index (χ0) is 15.4. The molecule has 0 fully saturated rings. The molecule has 0 radical (unpaired) electrons. The third-order valence-corrected chi connectivity index (χ3v) is 3.23. The van der Waals surface area contributed by atoms with Crippen LogP contribution in [-0.4, -0.2) is 11.0 Å². The molecule has 21 heavy (non-hydrogen) atoms. The second kappa shape index (κ2) is 6.53. The van der Waals surface area contributed by atoms with Gasteiger partial charge in [0.2, 0.25) is 0 Å². The van der Waals surface area contributed by atoms with E-state index in [1.54, 1.807) is 24.3 Å². The summed E-state index contributed by atoms with van der Waals surface area (Å²) in [7, 11) is 0. The number of halogens is 3. The summed E-state index contributed by atoms with van der Waals surface area (Å²) in [6, 6.07) is 9.01. The number of ether oxygens (including phenoxy) is 1. The molecular formula is C14H11BrF2N2O2. The predicted octanol–water partition coefficient (Wildman–Crippen LogP) is 3.40. The van der Waals surface area contributed by atoms with Gasteiger partial charge in [-0.15, -0.1) is 0 Å². The van der Waals surface area contributed by atoms with Crippen LogP contribution in [0.4, 0.5) is 8.78 Å². The summed E-state index contributed by atoms with van der Waals surface area (Å²) in [6.45, 7) is 0.0179.